The Balaban J connectivity index is 1.48. The van der Waals surface area contributed by atoms with E-state index in [0.29, 0.717) is 30.0 Å². The molecule has 154 valence electrons. The Labute approximate surface area is 176 Å². The SMILES string of the molecule is COc1ccc(NC(=S)N2CCC(CN(Cc3ccccc3)C(=O)O)CC2)cn1. The van der Waals surface area contributed by atoms with Crippen molar-refractivity contribution in [2.45, 2.75) is 19.4 Å². The summed E-state index contributed by atoms with van der Waals surface area (Å²) in [6.07, 6.45) is 2.62. The van der Waals surface area contributed by atoms with Gasteiger partial charge < -0.3 is 25.0 Å². The van der Waals surface area contributed by atoms with Gasteiger partial charge in [-0.25, -0.2) is 9.78 Å². The molecular formula is C21H26N4O3S. The van der Waals surface area contributed by atoms with Crippen molar-refractivity contribution in [1.29, 1.82) is 0 Å². The van der Waals surface area contributed by atoms with E-state index in [4.69, 9.17) is 17.0 Å². The van der Waals surface area contributed by atoms with Crippen LogP contribution in [0.2, 0.25) is 0 Å². The van der Waals surface area contributed by atoms with Gasteiger partial charge in [0.15, 0.2) is 5.11 Å². The van der Waals surface area contributed by atoms with Crippen molar-refractivity contribution in [3.05, 3.63) is 54.2 Å². The molecule has 0 radical (unpaired) electrons. The minimum absolute atomic E-state index is 0.330. The fourth-order valence-electron chi connectivity index (χ4n) is 3.42. The first-order chi connectivity index (χ1) is 14.0. The van der Waals surface area contributed by atoms with Crippen LogP contribution in [-0.2, 0) is 6.54 Å². The molecule has 0 atom stereocenters. The Hall–Kier alpha value is -2.87. The Morgan fingerprint density at radius 1 is 1.28 bits per heavy atom. The maximum absolute atomic E-state index is 11.7. The van der Waals surface area contributed by atoms with Crippen LogP contribution in [0.4, 0.5) is 10.5 Å². The molecule has 2 N–H and O–H groups in total. The number of nitrogens with one attached hydrogen (secondary N) is 1. The third-order valence-corrected chi connectivity index (χ3v) is 5.42. The van der Waals surface area contributed by atoms with E-state index in [0.717, 1.165) is 37.2 Å². The molecule has 2 aromatic rings. The molecule has 2 heterocycles. The Bertz CT molecular complexity index is 808. The number of thiocarbonyl (C=S) groups is 1. The van der Waals surface area contributed by atoms with Gasteiger partial charge in [-0.15, -0.1) is 0 Å². The molecule has 1 amide bonds. The predicted molar refractivity (Wildman–Crippen MR) is 116 cm³/mol. The molecule has 8 heteroatoms. The van der Waals surface area contributed by atoms with Crippen LogP contribution in [0.15, 0.2) is 48.7 Å². The van der Waals surface area contributed by atoms with Crippen molar-refractivity contribution in [2.75, 3.05) is 32.1 Å². The number of piperidine rings is 1. The molecule has 1 fully saturated rings. The molecule has 7 nitrogen and oxygen atoms in total. The summed E-state index contributed by atoms with van der Waals surface area (Å²) in [5.74, 6) is 0.886. The Morgan fingerprint density at radius 3 is 2.59 bits per heavy atom. The van der Waals surface area contributed by atoms with Gasteiger partial charge in [0.1, 0.15) is 0 Å². The number of carbonyl (C=O) groups is 1. The van der Waals surface area contributed by atoms with Gasteiger partial charge in [0.25, 0.3) is 0 Å². The topological polar surface area (TPSA) is 77.9 Å². The Kier molecular flexibility index (Phi) is 7.24. The van der Waals surface area contributed by atoms with Gasteiger partial charge in [-0.2, -0.15) is 0 Å². The second-order valence-corrected chi connectivity index (χ2v) is 7.49. The van der Waals surface area contributed by atoms with Gasteiger partial charge in [0.05, 0.1) is 19.0 Å². The third-order valence-electron chi connectivity index (χ3n) is 5.06. The van der Waals surface area contributed by atoms with Crippen molar-refractivity contribution in [2.24, 2.45) is 5.92 Å². The minimum atomic E-state index is -0.875. The first kappa shape index (κ1) is 20.9. The molecule has 3 rings (SSSR count). The fourth-order valence-corrected chi connectivity index (χ4v) is 3.72. The number of pyridine rings is 1. The summed E-state index contributed by atoms with van der Waals surface area (Å²) < 4.78 is 5.06. The van der Waals surface area contributed by atoms with Crippen LogP contribution in [0.3, 0.4) is 0 Å². The lowest BCUT2D eigenvalue weighted by Gasteiger charge is -2.35. The quantitative estimate of drug-likeness (QED) is 0.698. The van der Waals surface area contributed by atoms with E-state index >= 15 is 0 Å². The molecule has 0 saturated carbocycles. The second kappa shape index (κ2) is 10.1. The molecule has 1 aliphatic heterocycles. The van der Waals surface area contributed by atoms with Gasteiger partial charge in [-0.3, -0.25) is 0 Å². The molecule has 1 aromatic carbocycles. The highest BCUT2D eigenvalue weighted by Gasteiger charge is 2.24. The maximum atomic E-state index is 11.7. The highest BCUT2D eigenvalue weighted by atomic mass is 32.1. The lowest BCUT2D eigenvalue weighted by Crippen LogP contribution is -2.44. The van der Waals surface area contributed by atoms with Crippen LogP contribution in [0.1, 0.15) is 18.4 Å². The van der Waals surface area contributed by atoms with Gasteiger partial charge in [-0.05, 0) is 42.6 Å². The number of likely N-dealkylation sites (tertiary alicyclic amines) is 1. The van der Waals surface area contributed by atoms with E-state index in [-0.39, 0.29) is 0 Å². The number of aromatic nitrogens is 1. The monoisotopic (exact) mass is 414 g/mol. The van der Waals surface area contributed by atoms with Gasteiger partial charge in [-0.1, -0.05) is 30.3 Å². The van der Waals surface area contributed by atoms with E-state index in [2.05, 4.69) is 15.2 Å². The third kappa shape index (κ3) is 6.05. The number of methoxy groups -OCH3 is 1. The van der Waals surface area contributed by atoms with E-state index in [1.54, 1.807) is 19.4 Å². The highest BCUT2D eigenvalue weighted by Crippen LogP contribution is 2.21. The lowest BCUT2D eigenvalue weighted by molar-refractivity contribution is 0.123. The first-order valence-electron chi connectivity index (χ1n) is 9.63. The maximum Gasteiger partial charge on any atom is 0.407 e. The van der Waals surface area contributed by atoms with Crippen LogP contribution in [0, 0.1) is 5.92 Å². The number of benzene rings is 1. The molecule has 0 aliphatic carbocycles. The molecule has 1 aliphatic rings. The summed E-state index contributed by atoms with van der Waals surface area (Å²) in [7, 11) is 1.58. The summed E-state index contributed by atoms with van der Waals surface area (Å²) in [5, 5.41) is 13.4. The zero-order valence-electron chi connectivity index (χ0n) is 16.5. The van der Waals surface area contributed by atoms with Crippen LogP contribution in [0.5, 0.6) is 5.88 Å². The number of rotatable bonds is 6. The van der Waals surface area contributed by atoms with Crippen molar-refractivity contribution >= 4 is 29.1 Å². The molecule has 29 heavy (non-hydrogen) atoms. The summed E-state index contributed by atoms with van der Waals surface area (Å²) in [4.78, 5) is 19.5. The number of hydrogen-bond donors (Lipinski definition) is 2. The molecular weight excluding hydrogens is 388 g/mol. The number of ether oxygens (including phenoxy) is 1. The predicted octanol–water partition coefficient (Wildman–Crippen LogP) is 3.68. The number of nitrogens with zero attached hydrogens (tertiary/aromatic N) is 3. The Morgan fingerprint density at radius 2 is 2.00 bits per heavy atom. The number of carboxylic acid groups (broad SMARTS) is 1. The summed E-state index contributed by atoms with van der Waals surface area (Å²) in [5.41, 5.74) is 1.82. The van der Waals surface area contributed by atoms with E-state index < -0.39 is 6.09 Å². The molecule has 0 unspecified atom stereocenters. The molecule has 0 spiro atoms. The zero-order valence-corrected chi connectivity index (χ0v) is 17.3. The van der Waals surface area contributed by atoms with Crippen molar-refractivity contribution < 1.29 is 14.6 Å². The van der Waals surface area contributed by atoms with Crippen molar-refractivity contribution in [3.63, 3.8) is 0 Å². The molecule has 0 bridgehead atoms. The smallest absolute Gasteiger partial charge is 0.407 e. The largest absolute Gasteiger partial charge is 0.481 e. The lowest BCUT2D eigenvalue weighted by atomic mass is 9.96. The van der Waals surface area contributed by atoms with E-state index in [9.17, 15) is 9.90 Å². The van der Waals surface area contributed by atoms with Gasteiger partial charge in [0, 0.05) is 32.2 Å². The summed E-state index contributed by atoms with van der Waals surface area (Å²) in [6.45, 7) is 2.57. The van der Waals surface area contributed by atoms with E-state index in [1.807, 2.05) is 36.4 Å². The highest BCUT2D eigenvalue weighted by molar-refractivity contribution is 7.80. The number of anilines is 1. The average Bonchev–Trinajstić information content (AvgIpc) is 2.75. The van der Waals surface area contributed by atoms with Crippen molar-refractivity contribution in [1.82, 2.24) is 14.8 Å². The van der Waals surface area contributed by atoms with Crippen LogP contribution < -0.4 is 10.1 Å². The van der Waals surface area contributed by atoms with Gasteiger partial charge >= 0.3 is 6.09 Å². The van der Waals surface area contributed by atoms with Crippen LogP contribution in [-0.4, -0.2) is 57.8 Å². The molecule has 1 aromatic heterocycles. The standard InChI is InChI=1S/C21H26N4O3S/c1-28-19-8-7-18(13-22-19)23-20(29)24-11-9-17(10-12-24)15-25(21(26)27)14-16-5-3-2-4-6-16/h2-8,13,17H,9-12,14-15H2,1H3,(H,23,29)(H,26,27). The van der Waals surface area contributed by atoms with Crippen LogP contribution >= 0.6 is 12.2 Å². The second-order valence-electron chi connectivity index (χ2n) is 7.10. The zero-order chi connectivity index (χ0) is 20.6. The van der Waals surface area contributed by atoms with Gasteiger partial charge in [0.2, 0.25) is 5.88 Å². The van der Waals surface area contributed by atoms with Crippen LogP contribution in [0.25, 0.3) is 0 Å². The summed E-state index contributed by atoms with van der Waals surface area (Å²) >= 11 is 5.52. The minimum Gasteiger partial charge on any atom is -0.481 e. The number of amides is 1. The normalized spacial score (nSPS) is 14.3. The average molecular weight is 415 g/mol. The first-order valence-corrected chi connectivity index (χ1v) is 10.0. The van der Waals surface area contributed by atoms with E-state index in [1.165, 1.54) is 4.90 Å². The number of hydrogen-bond acceptors (Lipinski definition) is 4. The summed E-state index contributed by atoms with van der Waals surface area (Å²) in [6, 6.07) is 13.4. The molecule has 1 saturated heterocycles. The van der Waals surface area contributed by atoms with Crippen molar-refractivity contribution in [3.8, 4) is 5.88 Å². The fraction of sp³-hybridized carbons (Fsp3) is 0.381.